The first-order chi connectivity index (χ1) is 7.42. The Labute approximate surface area is 98.8 Å². The summed E-state index contributed by atoms with van der Waals surface area (Å²) in [6, 6.07) is 0. The highest BCUT2D eigenvalue weighted by atomic mass is 16.3. The molecule has 0 saturated carbocycles. The lowest BCUT2D eigenvalue weighted by Crippen LogP contribution is -2.40. The summed E-state index contributed by atoms with van der Waals surface area (Å²) < 4.78 is 0. The molecule has 0 atom stereocenters. The molecule has 3 heteroatoms. The fourth-order valence-electron chi connectivity index (χ4n) is 2.22. The first-order valence-electron chi connectivity index (χ1n) is 6.31. The zero-order valence-electron chi connectivity index (χ0n) is 10.8. The van der Waals surface area contributed by atoms with Gasteiger partial charge in [-0.15, -0.1) is 0 Å². The topological polar surface area (TPSA) is 40.5 Å². The van der Waals surface area contributed by atoms with E-state index in [1.807, 2.05) is 4.90 Å². The number of hydrogen-bond acceptors (Lipinski definition) is 2. The summed E-state index contributed by atoms with van der Waals surface area (Å²) in [6.45, 7) is 8.33. The molecule has 0 bridgehead atoms. The van der Waals surface area contributed by atoms with Crippen molar-refractivity contribution in [2.75, 3.05) is 19.7 Å². The van der Waals surface area contributed by atoms with Crippen LogP contribution in [0.25, 0.3) is 0 Å². The monoisotopic (exact) mass is 227 g/mol. The van der Waals surface area contributed by atoms with Gasteiger partial charge < -0.3 is 10.0 Å². The van der Waals surface area contributed by atoms with Crippen LogP contribution in [0.3, 0.4) is 0 Å². The van der Waals surface area contributed by atoms with Gasteiger partial charge in [-0.2, -0.15) is 0 Å². The molecule has 0 aliphatic carbocycles. The zero-order chi connectivity index (χ0) is 12.2. The maximum atomic E-state index is 12.0. The molecule has 0 unspecified atom stereocenters. The van der Waals surface area contributed by atoms with Gasteiger partial charge in [-0.05, 0) is 30.6 Å². The average Bonchev–Trinajstić information content (AvgIpc) is 2.16. The molecule has 1 heterocycles. The molecule has 0 radical (unpaired) electrons. The molecule has 94 valence electrons. The van der Waals surface area contributed by atoms with E-state index in [1.54, 1.807) is 0 Å². The molecule has 1 rings (SSSR count). The maximum absolute atomic E-state index is 12.0. The number of rotatable bonds is 3. The van der Waals surface area contributed by atoms with Crippen LogP contribution in [-0.2, 0) is 4.79 Å². The Morgan fingerprint density at radius 2 is 1.88 bits per heavy atom. The van der Waals surface area contributed by atoms with Gasteiger partial charge in [-0.25, -0.2) is 0 Å². The quantitative estimate of drug-likeness (QED) is 0.801. The van der Waals surface area contributed by atoms with Crippen molar-refractivity contribution in [1.82, 2.24) is 4.90 Å². The van der Waals surface area contributed by atoms with Crippen molar-refractivity contribution < 1.29 is 9.90 Å². The second-order valence-electron chi connectivity index (χ2n) is 6.07. The summed E-state index contributed by atoms with van der Waals surface area (Å²) in [5.41, 5.74) is 0.0824. The first kappa shape index (κ1) is 13.5. The molecule has 0 aromatic carbocycles. The molecule has 1 saturated heterocycles. The van der Waals surface area contributed by atoms with Gasteiger partial charge >= 0.3 is 0 Å². The second kappa shape index (κ2) is 5.67. The number of likely N-dealkylation sites (tertiary alicyclic amines) is 1. The summed E-state index contributed by atoms with van der Waals surface area (Å²) in [6.07, 6.45) is 3.63. The Hall–Kier alpha value is -0.570. The van der Waals surface area contributed by atoms with Crippen LogP contribution in [0.4, 0.5) is 0 Å². The lowest BCUT2D eigenvalue weighted by molar-refractivity contribution is -0.134. The smallest absolute Gasteiger partial charge is 0.223 e. The lowest BCUT2D eigenvalue weighted by atomic mass is 9.90. The van der Waals surface area contributed by atoms with Crippen LogP contribution in [0.5, 0.6) is 0 Å². The summed E-state index contributed by atoms with van der Waals surface area (Å²) in [5, 5.41) is 8.87. The van der Waals surface area contributed by atoms with Crippen molar-refractivity contribution >= 4 is 5.91 Å². The molecular formula is C13H25NO2. The molecule has 1 aliphatic rings. The van der Waals surface area contributed by atoms with E-state index in [-0.39, 0.29) is 17.9 Å². The fraction of sp³-hybridized carbons (Fsp3) is 0.923. The summed E-state index contributed by atoms with van der Waals surface area (Å²) in [7, 11) is 0. The molecular weight excluding hydrogens is 202 g/mol. The summed E-state index contributed by atoms with van der Waals surface area (Å²) in [4.78, 5) is 13.9. The van der Waals surface area contributed by atoms with E-state index < -0.39 is 0 Å². The SMILES string of the molecule is CC(C)(C)CC(=O)N1CCC(CCO)CC1. The number of hydrogen-bond donors (Lipinski definition) is 1. The Morgan fingerprint density at radius 3 is 2.31 bits per heavy atom. The van der Waals surface area contributed by atoms with Gasteiger partial charge in [0, 0.05) is 26.1 Å². The van der Waals surface area contributed by atoms with Crippen LogP contribution in [0.15, 0.2) is 0 Å². The molecule has 0 spiro atoms. The number of nitrogens with zero attached hydrogens (tertiary/aromatic N) is 1. The van der Waals surface area contributed by atoms with Crippen LogP contribution < -0.4 is 0 Å². The van der Waals surface area contributed by atoms with Crippen LogP contribution in [0.1, 0.15) is 46.5 Å². The second-order valence-corrected chi connectivity index (χ2v) is 6.07. The molecule has 1 amide bonds. The van der Waals surface area contributed by atoms with E-state index in [9.17, 15) is 4.79 Å². The molecule has 0 aromatic heterocycles. The lowest BCUT2D eigenvalue weighted by Gasteiger charge is -2.33. The van der Waals surface area contributed by atoms with Crippen LogP contribution in [0, 0.1) is 11.3 Å². The van der Waals surface area contributed by atoms with E-state index >= 15 is 0 Å². The van der Waals surface area contributed by atoms with Gasteiger partial charge in [0.25, 0.3) is 0 Å². The van der Waals surface area contributed by atoms with Gasteiger partial charge in [0.1, 0.15) is 0 Å². The van der Waals surface area contributed by atoms with E-state index in [2.05, 4.69) is 20.8 Å². The number of carbonyl (C=O) groups excluding carboxylic acids is 1. The van der Waals surface area contributed by atoms with Gasteiger partial charge in [0.15, 0.2) is 0 Å². The standard InChI is InChI=1S/C13H25NO2/c1-13(2,3)10-12(16)14-7-4-11(5-8-14)6-9-15/h11,15H,4-10H2,1-3H3. The number of carbonyl (C=O) groups is 1. The van der Waals surface area contributed by atoms with E-state index in [0.717, 1.165) is 32.4 Å². The minimum Gasteiger partial charge on any atom is -0.396 e. The molecule has 1 aliphatic heterocycles. The summed E-state index contributed by atoms with van der Waals surface area (Å²) in [5.74, 6) is 0.902. The summed E-state index contributed by atoms with van der Waals surface area (Å²) >= 11 is 0. The van der Waals surface area contributed by atoms with E-state index in [0.29, 0.717) is 12.3 Å². The van der Waals surface area contributed by atoms with Gasteiger partial charge in [0.2, 0.25) is 5.91 Å². The molecule has 1 N–H and O–H groups in total. The van der Waals surface area contributed by atoms with E-state index in [1.165, 1.54) is 0 Å². The largest absolute Gasteiger partial charge is 0.396 e. The minimum atomic E-state index is 0.0824. The normalized spacial score (nSPS) is 18.9. The predicted octanol–water partition coefficient (Wildman–Crippen LogP) is 2.04. The number of amides is 1. The third kappa shape index (κ3) is 4.52. The van der Waals surface area contributed by atoms with E-state index in [4.69, 9.17) is 5.11 Å². The van der Waals surface area contributed by atoms with Crippen LogP contribution in [-0.4, -0.2) is 35.6 Å². The highest BCUT2D eigenvalue weighted by molar-refractivity contribution is 5.76. The van der Waals surface area contributed by atoms with Crippen molar-refractivity contribution in [3.8, 4) is 0 Å². The number of aliphatic hydroxyl groups excluding tert-OH is 1. The Balaban J connectivity index is 2.33. The van der Waals surface area contributed by atoms with Crippen molar-refractivity contribution in [2.24, 2.45) is 11.3 Å². The molecule has 3 nitrogen and oxygen atoms in total. The minimum absolute atomic E-state index is 0.0824. The Morgan fingerprint density at radius 1 is 1.31 bits per heavy atom. The fourth-order valence-corrected chi connectivity index (χ4v) is 2.22. The molecule has 1 fully saturated rings. The van der Waals surface area contributed by atoms with Gasteiger partial charge in [-0.3, -0.25) is 4.79 Å². The van der Waals surface area contributed by atoms with Crippen molar-refractivity contribution in [2.45, 2.75) is 46.5 Å². The van der Waals surface area contributed by atoms with Crippen molar-refractivity contribution in [3.63, 3.8) is 0 Å². The average molecular weight is 227 g/mol. The highest BCUT2D eigenvalue weighted by Crippen LogP contribution is 2.24. The van der Waals surface area contributed by atoms with Gasteiger partial charge in [0.05, 0.1) is 0 Å². The Kier molecular flexibility index (Phi) is 4.78. The third-order valence-corrected chi connectivity index (χ3v) is 3.19. The van der Waals surface area contributed by atoms with Gasteiger partial charge in [-0.1, -0.05) is 20.8 Å². The third-order valence-electron chi connectivity index (χ3n) is 3.19. The van der Waals surface area contributed by atoms with Crippen LogP contribution in [0.2, 0.25) is 0 Å². The highest BCUT2D eigenvalue weighted by Gasteiger charge is 2.25. The zero-order valence-corrected chi connectivity index (χ0v) is 10.8. The van der Waals surface area contributed by atoms with Crippen molar-refractivity contribution in [3.05, 3.63) is 0 Å². The first-order valence-corrected chi connectivity index (χ1v) is 6.31. The van der Waals surface area contributed by atoms with Crippen LogP contribution >= 0.6 is 0 Å². The number of aliphatic hydroxyl groups is 1. The maximum Gasteiger partial charge on any atom is 0.223 e. The molecule has 0 aromatic rings. The number of piperidine rings is 1. The predicted molar refractivity (Wildman–Crippen MR) is 65.1 cm³/mol. The Bertz CT molecular complexity index is 225. The molecule has 16 heavy (non-hydrogen) atoms. The van der Waals surface area contributed by atoms with Crippen molar-refractivity contribution in [1.29, 1.82) is 0 Å².